The van der Waals surface area contributed by atoms with Gasteiger partial charge in [0.15, 0.2) is 0 Å². The molecule has 6 aromatic rings. The summed E-state index contributed by atoms with van der Waals surface area (Å²) in [7, 11) is 0. The first kappa shape index (κ1) is 24.6. The van der Waals surface area contributed by atoms with Gasteiger partial charge in [0.25, 0.3) is 0 Å². The van der Waals surface area contributed by atoms with Crippen molar-refractivity contribution in [1.82, 2.24) is 9.97 Å². The van der Waals surface area contributed by atoms with Gasteiger partial charge in [-0.1, -0.05) is 94.8 Å². The Morgan fingerprint density at radius 1 is 0.732 bits per heavy atom. The summed E-state index contributed by atoms with van der Waals surface area (Å²) in [6, 6.07) is 37.4. The van der Waals surface area contributed by atoms with E-state index in [1.54, 1.807) is 0 Å². The Balaban J connectivity index is 1.05. The van der Waals surface area contributed by atoms with Gasteiger partial charge in [-0.2, -0.15) is 0 Å². The fourth-order valence-electron chi connectivity index (χ4n) is 6.72. The standard InChI is InChI=1S/C36H29BrN4/c37-29-14-12-28-22-38-35(40-34(28)21-29)41-18-16-36(17-19-41)23-39-33-15-13-27(20-32(33)36)24-8-10-26(11-9-24)31-7-3-5-25-4-1-2-6-30(25)31/h1-15,20-22,39H,16-19,23H2. The van der Waals surface area contributed by atoms with E-state index in [0.717, 1.165) is 53.8 Å². The molecule has 2 aliphatic rings. The number of aromatic nitrogens is 2. The van der Waals surface area contributed by atoms with Crippen molar-refractivity contribution in [2.45, 2.75) is 18.3 Å². The lowest BCUT2D eigenvalue weighted by Crippen LogP contribution is -2.44. The van der Waals surface area contributed by atoms with E-state index in [1.165, 1.54) is 44.3 Å². The number of hydrogen-bond acceptors (Lipinski definition) is 4. The molecule has 0 unspecified atom stereocenters. The summed E-state index contributed by atoms with van der Waals surface area (Å²) in [4.78, 5) is 11.9. The molecule has 8 rings (SSSR count). The molecule has 1 aromatic heterocycles. The van der Waals surface area contributed by atoms with Gasteiger partial charge in [0.2, 0.25) is 5.95 Å². The van der Waals surface area contributed by atoms with Crippen LogP contribution in [0.15, 0.2) is 114 Å². The van der Waals surface area contributed by atoms with Crippen molar-refractivity contribution in [2.24, 2.45) is 0 Å². The molecule has 5 aromatic carbocycles. The summed E-state index contributed by atoms with van der Waals surface area (Å²) in [5, 5.41) is 7.35. The van der Waals surface area contributed by atoms with Gasteiger partial charge >= 0.3 is 0 Å². The number of nitrogens with zero attached hydrogens (tertiary/aromatic N) is 3. The molecular formula is C36H29BrN4. The molecule has 200 valence electrons. The predicted octanol–water partition coefficient (Wildman–Crippen LogP) is 8.84. The molecule has 0 aliphatic carbocycles. The van der Waals surface area contributed by atoms with Crippen LogP contribution in [-0.2, 0) is 5.41 Å². The van der Waals surface area contributed by atoms with Gasteiger partial charge in [-0.25, -0.2) is 9.97 Å². The van der Waals surface area contributed by atoms with Gasteiger partial charge in [0, 0.05) is 46.8 Å². The monoisotopic (exact) mass is 596 g/mol. The highest BCUT2D eigenvalue weighted by Crippen LogP contribution is 2.46. The van der Waals surface area contributed by atoms with E-state index in [-0.39, 0.29) is 5.41 Å². The Hall–Kier alpha value is -4.22. The van der Waals surface area contributed by atoms with Crippen molar-refractivity contribution < 1.29 is 0 Å². The van der Waals surface area contributed by atoms with Crippen LogP contribution in [0.25, 0.3) is 43.9 Å². The van der Waals surface area contributed by atoms with Gasteiger partial charge in [-0.3, -0.25) is 0 Å². The quantitative estimate of drug-likeness (QED) is 0.221. The molecule has 1 saturated heterocycles. The Morgan fingerprint density at radius 2 is 1.51 bits per heavy atom. The maximum Gasteiger partial charge on any atom is 0.225 e. The minimum atomic E-state index is 0.143. The van der Waals surface area contributed by atoms with Crippen LogP contribution in [0.1, 0.15) is 18.4 Å². The van der Waals surface area contributed by atoms with E-state index in [0.29, 0.717) is 0 Å². The first-order chi connectivity index (χ1) is 20.1. The van der Waals surface area contributed by atoms with E-state index in [9.17, 15) is 0 Å². The van der Waals surface area contributed by atoms with E-state index < -0.39 is 0 Å². The second-order valence-electron chi connectivity index (χ2n) is 11.4. The van der Waals surface area contributed by atoms with Gasteiger partial charge in [0.05, 0.1) is 5.52 Å². The van der Waals surface area contributed by atoms with Gasteiger partial charge in [-0.05, 0) is 75.7 Å². The van der Waals surface area contributed by atoms with E-state index in [2.05, 4.69) is 123 Å². The van der Waals surface area contributed by atoms with Crippen molar-refractivity contribution in [3.8, 4) is 22.3 Å². The summed E-state index contributed by atoms with van der Waals surface area (Å²) < 4.78 is 1.04. The second-order valence-corrected chi connectivity index (χ2v) is 12.3. The molecule has 2 aliphatic heterocycles. The number of halogens is 1. The average Bonchev–Trinajstić information content (AvgIpc) is 3.37. The lowest BCUT2D eigenvalue weighted by molar-refractivity contribution is 0.360. The molecular weight excluding hydrogens is 568 g/mol. The third-order valence-corrected chi connectivity index (χ3v) is 9.56. The normalized spacial score (nSPS) is 15.8. The van der Waals surface area contributed by atoms with Crippen LogP contribution in [-0.4, -0.2) is 29.6 Å². The maximum absolute atomic E-state index is 4.89. The zero-order chi connectivity index (χ0) is 27.4. The van der Waals surface area contributed by atoms with E-state index >= 15 is 0 Å². The summed E-state index contributed by atoms with van der Waals surface area (Å²) in [5.41, 5.74) is 8.92. The Bertz CT molecular complexity index is 1920. The predicted molar refractivity (Wildman–Crippen MR) is 174 cm³/mol. The fourth-order valence-corrected chi connectivity index (χ4v) is 7.06. The van der Waals surface area contributed by atoms with Crippen LogP contribution >= 0.6 is 15.9 Å². The highest BCUT2D eigenvalue weighted by Gasteiger charge is 2.42. The van der Waals surface area contributed by atoms with Crippen molar-refractivity contribution in [3.05, 3.63) is 119 Å². The van der Waals surface area contributed by atoms with Crippen LogP contribution in [0.5, 0.6) is 0 Å². The van der Waals surface area contributed by atoms with Crippen molar-refractivity contribution in [1.29, 1.82) is 0 Å². The van der Waals surface area contributed by atoms with Gasteiger partial charge < -0.3 is 10.2 Å². The number of anilines is 2. The molecule has 0 radical (unpaired) electrons. The number of rotatable bonds is 3. The minimum absolute atomic E-state index is 0.143. The summed E-state index contributed by atoms with van der Waals surface area (Å²) in [5.74, 6) is 0.830. The molecule has 5 heteroatoms. The first-order valence-electron chi connectivity index (χ1n) is 14.3. The van der Waals surface area contributed by atoms with Gasteiger partial charge in [0.1, 0.15) is 0 Å². The van der Waals surface area contributed by atoms with E-state index in [1.807, 2.05) is 12.3 Å². The third kappa shape index (κ3) is 4.27. The number of benzene rings is 5. The van der Waals surface area contributed by atoms with Crippen molar-refractivity contribution >= 4 is 49.2 Å². The highest BCUT2D eigenvalue weighted by atomic mass is 79.9. The van der Waals surface area contributed by atoms with Crippen molar-refractivity contribution in [3.63, 3.8) is 0 Å². The molecule has 1 spiro atoms. The lowest BCUT2D eigenvalue weighted by atomic mass is 9.74. The number of nitrogens with one attached hydrogen (secondary N) is 1. The van der Waals surface area contributed by atoms with E-state index in [4.69, 9.17) is 9.97 Å². The topological polar surface area (TPSA) is 41.1 Å². The second kappa shape index (κ2) is 9.71. The Labute approximate surface area is 248 Å². The molecule has 41 heavy (non-hydrogen) atoms. The summed E-state index contributed by atoms with van der Waals surface area (Å²) in [6.45, 7) is 2.89. The Morgan fingerprint density at radius 3 is 2.39 bits per heavy atom. The molecule has 3 heterocycles. The molecule has 4 nitrogen and oxygen atoms in total. The van der Waals surface area contributed by atoms with Crippen LogP contribution < -0.4 is 10.2 Å². The number of hydrogen-bond donors (Lipinski definition) is 1. The SMILES string of the molecule is Brc1ccc2cnc(N3CCC4(CC3)CNc3ccc(-c5ccc(-c6cccc7ccccc67)cc5)cc34)nc2c1. The van der Waals surface area contributed by atoms with Crippen LogP contribution in [0.4, 0.5) is 11.6 Å². The maximum atomic E-state index is 4.89. The zero-order valence-corrected chi connectivity index (χ0v) is 24.2. The third-order valence-electron chi connectivity index (χ3n) is 9.06. The van der Waals surface area contributed by atoms with Crippen LogP contribution in [0, 0.1) is 0 Å². The molecule has 1 N–H and O–H groups in total. The lowest BCUT2D eigenvalue weighted by Gasteiger charge is -2.39. The van der Waals surface area contributed by atoms with Crippen LogP contribution in [0.2, 0.25) is 0 Å². The minimum Gasteiger partial charge on any atom is -0.384 e. The largest absolute Gasteiger partial charge is 0.384 e. The molecule has 0 bridgehead atoms. The van der Waals surface area contributed by atoms with Crippen LogP contribution in [0.3, 0.4) is 0 Å². The first-order valence-corrected chi connectivity index (χ1v) is 15.1. The summed E-state index contributed by atoms with van der Waals surface area (Å²) in [6.07, 6.45) is 4.10. The molecule has 0 atom stereocenters. The fraction of sp³-hybridized carbons (Fsp3) is 0.167. The summed E-state index contributed by atoms with van der Waals surface area (Å²) >= 11 is 3.57. The highest BCUT2D eigenvalue weighted by molar-refractivity contribution is 9.10. The zero-order valence-electron chi connectivity index (χ0n) is 22.6. The Kier molecular flexibility index (Phi) is 5.82. The average molecular weight is 598 g/mol. The smallest absolute Gasteiger partial charge is 0.225 e. The van der Waals surface area contributed by atoms with Crippen molar-refractivity contribution in [2.75, 3.05) is 29.9 Å². The number of fused-ring (bicyclic) bond motifs is 4. The molecule has 0 amide bonds. The number of piperidine rings is 1. The van der Waals surface area contributed by atoms with Gasteiger partial charge in [-0.15, -0.1) is 0 Å². The molecule has 1 fully saturated rings. The molecule has 0 saturated carbocycles.